The number of hydrogen-bond donors (Lipinski definition) is 0. The minimum absolute atomic E-state index is 0.278. The Kier molecular flexibility index (Phi) is 1.72. The number of fused-ring (bicyclic) bond motifs is 1. The molecule has 0 spiro atoms. The molecule has 0 heterocycles. The van der Waals surface area contributed by atoms with Crippen molar-refractivity contribution in [1.82, 2.24) is 0 Å². The Balaban J connectivity index is 1.95. The fourth-order valence-electron chi connectivity index (χ4n) is 2.35. The van der Waals surface area contributed by atoms with Crippen molar-refractivity contribution >= 4 is 5.78 Å². The summed E-state index contributed by atoms with van der Waals surface area (Å²) in [5.41, 5.74) is 0. The minimum Gasteiger partial charge on any atom is -0.378 e. The largest absolute Gasteiger partial charge is 0.378 e. The zero-order valence-electron chi connectivity index (χ0n) is 6.88. The average Bonchev–Trinajstić information content (AvgIpc) is 2.20. The van der Waals surface area contributed by atoms with E-state index < -0.39 is 0 Å². The molecule has 62 valence electrons. The van der Waals surface area contributed by atoms with Crippen LogP contribution in [0.1, 0.15) is 26.2 Å². The van der Waals surface area contributed by atoms with Crippen molar-refractivity contribution < 1.29 is 9.53 Å². The third kappa shape index (κ3) is 1.00. The highest BCUT2D eigenvalue weighted by Crippen LogP contribution is 2.46. The van der Waals surface area contributed by atoms with Crippen molar-refractivity contribution in [3.63, 3.8) is 0 Å². The van der Waals surface area contributed by atoms with Crippen LogP contribution in [-0.2, 0) is 9.53 Å². The van der Waals surface area contributed by atoms with Crippen LogP contribution in [0, 0.1) is 11.8 Å². The molecule has 3 atom stereocenters. The molecule has 0 aromatic heterocycles. The summed E-state index contributed by atoms with van der Waals surface area (Å²) in [6, 6.07) is 0. The Bertz CT molecular complexity index is 176. The lowest BCUT2D eigenvalue weighted by Crippen LogP contribution is -2.43. The SMILES string of the molecule is CCO[C@H]1C[C@@H]2CCC(=O)[C@@H]21. The normalized spacial score (nSPS) is 41.9. The van der Waals surface area contributed by atoms with Crippen LogP contribution < -0.4 is 0 Å². The molecule has 0 saturated heterocycles. The van der Waals surface area contributed by atoms with Gasteiger partial charge in [0.1, 0.15) is 5.78 Å². The van der Waals surface area contributed by atoms with Crippen LogP contribution >= 0.6 is 0 Å². The maximum absolute atomic E-state index is 11.2. The van der Waals surface area contributed by atoms with Crippen LogP contribution in [0.4, 0.5) is 0 Å². The lowest BCUT2D eigenvalue weighted by Gasteiger charge is -2.38. The number of carbonyl (C=O) groups is 1. The minimum atomic E-state index is 0.278. The van der Waals surface area contributed by atoms with Gasteiger partial charge in [-0.25, -0.2) is 0 Å². The van der Waals surface area contributed by atoms with Gasteiger partial charge < -0.3 is 4.74 Å². The topological polar surface area (TPSA) is 26.3 Å². The van der Waals surface area contributed by atoms with Gasteiger partial charge in [0.25, 0.3) is 0 Å². The molecular formula is C9H14O2. The second-order valence-corrected chi connectivity index (χ2v) is 3.52. The van der Waals surface area contributed by atoms with Gasteiger partial charge >= 0.3 is 0 Å². The van der Waals surface area contributed by atoms with Crippen molar-refractivity contribution in [1.29, 1.82) is 0 Å². The number of carbonyl (C=O) groups excluding carboxylic acids is 1. The van der Waals surface area contributed by atoms with Crippen LogP contribution in [0.5, 0.6) is 0 Å². The summed E-state index contributed by atoms with van der Waals surface area (Å²) >= 11 is 0. The summed E-state index contributed by atoms with van der Waals surface area (Å²) in [7, 11) is 0. The van der Waals surface area contributed by atoms with E-state index in [-0.39, 0.29) is 12.0 Å². The Labute approximate surface area is 66.9 Å². The van der Waals surface area contributed by atoms with E-state index in [0.717, 1.165) is 25.9 Å². The fourth-order valence-corrected chi connectivity index (χ4v) is 2.35. The molecule has 0 aliphatic heterocycles. The van der Waals surface area contributed by atoms with Gasteiger partial charge in [-0.3, -0.25) is 4.79 Å². The lowest BCUT2D eigenvalue weighted by atomic mass is 9.73. The summed E-state index contributed by atoms with van der Waals surface area (Å²) in [4.78, 5) is 11.2. The van der Waals surface area contributed by atoms with E-state index in [9.17, 15) is 4.79 Å². The van der Waals surface area contributed by atoms with Gasteiger partial charge in [0, 0.05) is 18.9 Å². The average molecular weight is 154 g/mol. The highest BCUT2D eigenvalue weighted by Gasteiger charge is 2.49. The molecule has 2 saturated carbocycles. The molecule has 2 nitrogen and oxygen atoms in total. The maximum atomic E-state index is 11.2. The summed E-state index contributed by atoms with van der Waals surface area (Å²) in [5, 5.41) is 0. The summed E-state index contributed by atoms with van der Waals surface area (Å²) < 4.78 is 5.44. The van der Waals surface area contributed by atoms with Crippen LogP contribution in [0.15, 0.2) is 0 Å². The van der Waals surface area contributed by atoms with Crippen molar-refractivity contribution in [2.75, 3.05) is 6.61 Å². The molecule has 0 N–H and O–H groups in total. The van der Waals surface area contributed by atoms with Crippen LogP contribution in [-0.4, -0.2) is 18.5 Å². The van der Waals surface area contributed by atoms with E-state index in [0.29, 0.717) is 11.7 Å². The molecule has 0 bridgehead atoms. The van der Waals surface area contributed by atoms with Gasteiger partial charge in [-0.1, -0.05) is 0 Å². The first kappa shape index (κ1) is 7.29. The Morgan fingerprint density at radius 1 is 1.64 bits per heavy atom. The monoisotopic (exact) mass is 154 g/mol. The number of ether oxygens (including phenoxy) is 1. The van der Waals surface area contributed by atoms with Crippen molar-refractivity contribution in [2.45, 2.75) is 32.3 Å². The molecule has 11 heavy (non-hydrogen) atoms. The smallest absolute Gasteiger partial charge is 0.138 e. The van der Waals surface area contributed by atoms with E-state index >= 15 is 0 Å². The third-order valence-corrected chi connectivity index (χ3v) is 2.96. The Hall–Kier alpha value is -0.370. The predicted molar refractivity (Wildman–Crippen MR) is 41.3 cm³/mol. The Morgan fingerprint density at radius 2 is 2.45 bits per heavy atom. The number of ketones is 1. The van der Waals surface area contributed by atoms with E-state index in [1.807, 2.05) is 6.92 Å². The quantitative estimate of drug-likeness (QED) is 0.600. The standard InChI is InChI=1S/C9H14O2/c1-2-11-8-5-6-3-4-7(10)9(6)8/h6,8-9H,2-5H2,1H3/t6-,8-,9+/m0/s1. The highest BCUT2D eigenvalue weighted by atomic mass is 16.5. The summed E-state index contributed by atoms with van der Waals surface area (Å²) in [6.45, 7) is 2.74. The molecule has 2 fully saturated rings. The van der Waals surface area contributed by atoms with Crippen molar-refractivity contribution in [2.24, 2.45) is 11.8 Å². The van der Waals surface area contributed by atoms with Gasteiger partial charge in [0.2, 0.25) is 0 Å². The molecular weight excluding hydrogens is 140 g/mol. The molecule has 0 aromatic carbocycles. The number of Topliss-reactive ketones (excluding diaryl/α,β-unsaturated/α-hetero) is 1. The third-order valence-electron chi connectivity index (χ3n) is 2.96. The molecule has 2 heteroatoms. The lowest BCUT2D eigenvalue weighted by molar-refractivity contribution is -0.135. The predicted octanol–water partition coefficient (Wildman–Crippen LogP) is 1.39. The highest BCUT2D eigenvalue weighted by molar-refractivity contribution is 5.85. The molecule has 2 aliphatic rings. The van der Waals surface area contributed by atoms with Crippen molar-refractivity contribution in [3.8, 4) is 0 Å². The zero-order chi connectivity index (χ0) is 7.84. The summed E-state index contributed by atoms with van der Waals surface area (Å²) in [6.07, 6.45) is 3.33. The number of rotatable bonds is 2. The molecule has 2 aliphatic carbocycles. The summed E-state index contributed by atoms with van der Waals surface area (Å²) in [5.74, 6) is 1.41. The van der Waals surface area contributed by atoms with Crippen LogP contribution in [0.25, 0.3) is 0 Å². The van der Waals surface area contributed by atoms with Gasteiger partial charge in [-0.2, -0.15) is 0 Å². The van der Waals surface area contributed by atoms with Crippen LogP contribution in [0.3, 0.4) is 0 Å². The molecule has 2 rings (SSSR count). The van der Waals surface area contributed by atoms with E-state index in [1.165, 1.54) is 0 Å². The molecule has 0 unspecified atom stereocenters. The van der Waals surface area contributed by atoms with E-state index in [1.54, 1.807) is 0 Å². The first-order chi connectivity index (χ1) is 5.33. The van der Waals surface area contributed by atoms with Crippen molar-refractivity contribution in [3.05, 3.63) is 0 Å². The van der Waals surface area contributed by atoms with Gasteiger partial charge in [-0.05, 0) is 25.7 Å². The van der Waals surface area contributed by atoms with E-state index in [2.05, 4.69) is 0 Å². The Morgan fingerprint density at radius 3 is 3.09 bits per heavy atom. The molecule has 0 amide bonds. The zero-order valence-corrected chi connectivity index (χ0v) is 6.88. The van der Waals surface area contributed by atoms with Crippen LogP contribution in [0.2, 0.25) is 0 Å². The maximum Gasteiger partial charge on any atom is 0.138 e. The first-order valence-electron chi connectivity index (χ1n) is 4.47. The molecule has 0 radical (unpaired) electrons. The van der Waals surface area contributed by atoms with E-state index in [4.69, 9.17) is 4.74 Å². The second-order valence-electron chi connectivity index (χ2n) is 3.52. The van der Waals surface area contributed by atoms with Gasteiger partial charge in [0.15, 0.2) is 0 Å². The second kappa shape index (κ2) is 2.59. The van der Waals surface area contributed by atoms with Gasteiger partial charge in [-0.15, -0.1) is 0 Å². The first-order valence-corrected chi connectivity index (χ1v) is 4.47. The molecule has 0 aromatic rings. The fraction of sp³-hybridized carbons (Fsp3) is 0.889. The van der Waals surface area contributed by atoms with Gasteiger partial charge in [0.05, 0.1) is 6.10 Å². The number of hydrogen-bond acceptors (Lipinski definition) is 2.